The lowest BCUT2D eigenvalue weighted by Gasteiger charge is -2.20. The van der Waals surface area contributed by atoms with Gasteiger partial charge in [-0.1, -0.05) is 68.8 Å². The van der Waals surface area contributed by atoms with Crippen LogP contribution in [-0.4, -0.2) is 19.3 Å². The van der Waals surface area contributed by atoms with Crippen LogP contribution in [0.15, 0.2) is 65.6 Å². The Hall–Kier alpha value is -2.99. The van der Waals surface area contributed by atoms with E-state index in [1.807, 2.05) is 52.0 Å². The van der Waals surface area contributed by atoms with E-state index in [4.69, 9.17) is 4.98 Å². The Labute approximate surface area is 178 Å². The van der Waals surface area contributed by atoms with Crippen LogP contribution in [0.3, 0.4) is 0 Å². The number of nitrogens with zero attached hydrogens (tertiary/aromatic N) is 1. The number of hydrogen-bond donors (Lipinski definition) is 1. The molecule has 0 aliphatic rings. The van der Waals surface area contributed by atoms with E-state index in [9.17, 15) is 13.2 Å². The number of rotatable bonds is 4. The van der Waals surface area contributed by atoms with Crippen LogP contribution < -0.4 is 4.72 Å². The van der Waals surface area contributed by atoms with Crippen LogP contribution in [0, 0.1) is 13.8 Å². The molecule has 6 heteroatoms. The number of carbonyl (C=O) groups is 1. The van der Waals surface area contributed by atoms with Crippen molar-refractivity contribution in [1.29, 1.82) is 0 Å². The number of nitrogens with one attached hydrogen (secondary N) is 1. The minimum atomic E-state index is -4.01. The number of aryl methyl sites for hydroxylation is 2. The molecule has 1 amide bonds. The van der Waals surface area contributed by atoms with E-state index in [1.54, 1.807) is 37.3 Å². The lowest BCUT2D eigenvalue weighted by Crippen LogP contribution is -2.31. The highest BCUT2D eigenvalue weighted by Gasteiger charge is 2.25. The highest BCUT2D eigenvalue weighted by Crippen LogP contribution is 2.28. The third-order valence-electron chi connectivity index (χ3n) is 4.84. The summed E-state index contributed by atoms with van der Waals surface area (Å²) in [5.41, 5.74) is 3.67. The van der Waals surface area contributed by atoms with Gasteiger partial charge in [-0.05, 0) is 37.6 Å². The highest BCUT2D eigenvalue weighted by atomic mass is 32.2. The van der Waals surface area contributed by atoms with Crippen molar-refractivity contribution in [1.82, 2.24) is 9.71 Å². The largest absolute Gasteiger partial charge is 0.268 e. The second kappa shape index (κ2) is 8.03. The molecule has 3 aromatic rings. The zero-order chi connectivity index (χ0) is 22.1. The molecule has 1 aromatic heterocycles. The van der Waals surface area contributed by atoms with Crippen LogP contribution in [0.25, 0.3) is 11.3 Å². The molecule has 1 heterocycles. The lowest BCUT2D eigenvalue weighted by atomic mass is 9.90. The van der Waals surface area contributed by atoms with Gasteiger partial charge in [-0.3, -0.25) is 9.78 Å². The number of aromatic nitrogens is 1. The molecule has 0 aliphatic carbocycles. The van der Waals surface area contributed by atoms with Crippen LogP contribution in [0.4, 0.5) is 0 Å². The maximum atomic E-state index is 13.0. The summed E-state index contributed by atoms with van der Waals surface area (Å²) in [5.74, 6) is -0.707. The lowest BCUT2D eigenvalue weighted by molar-refractivity contribution is 0.0981. The van der Waals surface area contributed by atoms with Gasteiger partial charge in [-0.2, -0.15) is 0 Å². The molecule has 2 aromatic carbocycles. The summed E-state index contributed by atoms with van der Waals surface area (Å²) < 4.78 is 27.8. The highest BCUT2D eigenvalue weighted by molar-refractivity contribution is 7.90. The van der Waals surface area contributed by atoms with Crippen molar-refractivity contribution in [2.24, 2.45) is 0 Å². The molecule has 30 heavy (non-hydrogen) atoms. The van der Waals surface area contributed by atoms with Crippen molar-refractivity contribution < 1.29 is 13.2 Å². The fourth-order valence-corrected chi connectivity index (χ4v) is 4.30. The van der Waals surface area contributed by atoms with E-state index in [1.165, 1.54) is 6.07 Å². The van der Waals surface area contributed by atoms with Crippen LogP contribution in [0.2, 0.25) is 0 Å². The molecular formula is C24H26N2O3S. The summed E-state index contributed by atoms with van der Waals surface area (Å²) >= 11 is 0. The number of amides is 1. The predicted octanol–water partition coefficient (Wildman–Crippen LogP) is 4.78. The monoisotopic (exact) mass is 422 g/mol. The van der Waals surface area contributed by atoms with Crippen molar-refractivity contribution in [3.63, 3.8) is 0 Å². The first-order valence-electron chi connectivity index (χ1n) is 9.70. The van der Waals surface area contributed by atoms with Gasteiger partial charge in [0.2, 0.25) is 0 Å². The predicted molar refractivity (Wildman–Crippen MR) is 119 cm³/mol. The standard InChI is InChI=1S/C24H26N2O3S/c1-16-10-12-18(13-11-16)22-19(14-15-21(25-22)24(3,4)5)23(27)26-30(28,29)20-9-7-6-8-17(20)2/h6-15H,1-5H3,(H,26,27). The zero-order valence-corrected chi connectivity index (χ0v) is 18.7. The van der Waals surface area contributed by atoms with E-state index in [0.29, 0.717) is 11.3 Å². The Balaban J connectivity index is 2.07. The first-order chi connectivity index (χ1) is 14.0. The molecule has 0 fully saturated rings. The third-order valence-corrected chi connectivity index (χ3v) is 6.33. The van der Waals surface area contributed by atoms with Crippen molar-refractivity contribution in [2.45, 2.75) is 44.9 Å². The Morgan fingerprint density at radius 1 is 0.900 bits per heavy atom. The molecule has 1 N–H and O–H groups in total. The van der Waals surface area contributed by atoms with E-state index in [-0.39, 0.29) is 15.9 Å². The van der Waals surface area contributed by atoms with Crippen molar-refractivity contribution in [2.75, 3.05) is 0 Å². The molecule has 0 unspecified atom stereocenters. The van der Waals surface area contributed by atoms with E-state index in [2.05, 4.69) is 4.72 Å². The SMILES string of the molecule is Cc1ccc(-c2nc(C(C)(C)C)ccc2C(=O)NS(=O)(=O)c2ccccc2C)cc1. The first kappa shape index (κ1) is 21.7. The van der Waals surface area contributed by atoms with Crippen LogP contribution in [0.5, 0.6) is 0 Å². The normalized spacial score (nSPS) is 11.9. The van der Waals surface area contributed by atoms with E-state index < -0.39 is 15.9 Å². The zero-order valence-electron chi connectivity index (χ0n) is 17.9. The van der Waals surface area contributed by atoms with Crippen molar-refractivity contribution in [3.05, 3.63) is 83.0 Å². The summed E-state index contributed by atoms with van der Waals surface area (Å²) in [6, 6.07) is 17.6. The van der Waals surface area contributed by atoms with Gasteiger partial charge in [-0.15, -0.1) is 0 Å². The second-order valence-electron chi connectivity index (χ2n) is 8.41. The Bertz CT molecular complexity index is 1190. The fraction of sp³-hybridized carbons (Fsp3) is 0.250. The van der Waals surface area contributed by atoms with E-state index in [0.717, 1.165) is 16.8 Å². The van der Waals surface area contributed by atoms with Crippen LogP contribution >= 0.6 is 0 Å². The molecule has 0 saturated heterocycles. The van der Waals surface area contributed by atoms with Crippen LogP contribution in [0.1, 0.15) is 48.0 Å². The number of sulfonamides is 1. The molecular weight excluding hydrogens is 396 g/mol. The summed E-state index contributed by atoms with van der Waals surface area (Å²) in [4.78, 5) is 17.8. The molecule has 0 saturated carbocycles. The van der Waals surface area contributed by atoms with Gasteiger partial charge in [0.15, 0.2) is 0 Å². The van der Waals surface area contributed by atoms with E-state index >= 15 is 0 Å². The maximum absolute atomic E-state index is 13.0. The number of carbonyl (C=O) groups excluding carboxylic acids is 1. The molecule has 0 spiro atoms. The van der Waals surface area contributed by atoms with Gasteiger partial charge < -0.3 is 0 Å². The maximum Gasteiger partial charge on any atom is 0.267 e. The number of benzene rings is 2. The van der Waals surface area contributed by atoms with Gasteiger partial charge >= 0.3 is 0 Å². The Morgan fingerprint density at radius 3 is 2.13 bits per heavy atom. The molecule has 5 nitrogen and oxygen atoms in total. The fourth-order valence-electron chi connectivity index (χ4n) is 3.08. The Morgan fingerprint density at radius 2 is 1.53 bits per heavy atom. The summed E-state index contributed by atoms with van der Waals surface area (Å²) in [5, 5.41) is 0. The smallest absolute Gasteiger partial charge is 0.267 e. The quantitative estimate of drug-likeness (QED) is 0.656. The van der Waals surface area contributed by atoms with Gasteiger partial charge in [-0.25, -0.2) is 13.1 Å². The second-order valence-corrected chi connectivity index (χ2v) is 10.1. The first-order valence-corrected chi connectivity index (χ1v) is 11.2. The molecule has 156 valence electrons. The van der Waals surface area contributed by atoms with Gasteiger partial charge in [0.05, 0.1) is 16.2 Å². The van der Waals surface area contributed by atoms with Crippen LogP contribution in [-0.2, 0) is 15.4 Å². The summed E-state index contributed by atoms with van der Waals surface area (Å²) in [6.07, 6.45) is 0. The topological polar surface area (TPSA) is 76.1 Å². The summed E-state index contributed by atoms with van der Waals surface area (Å²) in [6.45, 7) is 9.78. The molecule has 3 rings (SSSR count). The Kier molecular flexibility index (Phi) is 5.81. The summed E-state index contributed by atoms with van der Waals surface area (Å²) in [7, 11) is -4.01. The molecule has 0 bridgehead atoms. The molecule has 0 aliphatic heterocycles. The average molecular weight is 423 g/mol. The van der Waals surface area contributed by atoms with Crippen molar-refractivity contribution >= 4 is 15.9 Å². The minimum Gasteiger partial charge on any atom is -0.268 e. The number of hydrogen-bond acceptors (Lipinski definition) is 4. The average Bonchev–Trinajstić information content (AvgIpc) is 2.67. The molecule has 0 atom stereocenters. The minimum absolute atomic E-state index is 0.0782. The number of pyridine rings is 1. The van der Waals surface area contributed by atoms with Gasteiger partial charge in [0.25, 0.3) is 15.9 Å². The molecule has 0 radical (unpaired) electrons. The third kappa shape index (κ3) is 4.60. The van der Waals surface area contributed by atoms with Gasteiger partial charge in [0, 0.05) is 16.7 Å². The van der Waals surface area contributed by atoms with Crippen molar-refractivity contribution in [3.8, 4) is 11.3 Å². The van der Waals surface area contributed by atoms with Gasteiger partial charge in [0.1, 0.15) is 0 Å².